The lowest BCUT2D eigenvalue weighted by Gasteiger charge is -2.42. The second-order valence-electron chi connectivity index (χ2n) is 5.92. The van der Waals surface area contributed by atoms with Crippen molar-refractivity contribution in [3.05, 3.63) is 11.6 Å². The summed E-state index contributed by atoms with van der Waals surface area (Å²) >= 11 is 0. The number of allylic oxidation sites excluding steroid dienone is 2. The van der Waals surface area contributed by atoms with Crippen LogP contribution < -0.4 is 0 Å². The number of carboxylic acid groups (broad SMARTS) is 2. The van der Waals surface area contributed by atoms with E-state index in [1.54, 1.807) is 6.92 Å². The van der Waals surface area contributed by atoms with Crippen LogP contribution in [0.4, 0.5) is 0 Å². The number of carboxylic acids is 2. The molecular formula is C14H22O4. The average molecular weight is 254 g/mol. The molecular weight excluding hydrogens is 232 g/mol. The highest BCUT2D eigenvalue weighted by Crippen LogP contribution is 2.47. The van der Waals surface area contributed by atoms with E-state index in [9.17, 15) is 19.8 Å². The molecule has 0 bridgehead atoms. The molecule has 1 rings (SSSR count). The third-order valence-corrected chi connectivity index (χ3v) is 4.22. The van der Waals surface area contributed by atoms with Crippen molar-refractivity contribution in [3.63, 3.8) is 0 Å². The van der Waals surface area contributed by atoms with E-state index >= 15 is 0 Å². The van der Waals surface area contributed by atoms with Crippen molar-refractivity contribution < 1.29 is 19.8 Å². The highest BCUT2D eigenvalue weighted by molar-refractivity contribution is 5.76. The zero-order valence-corrected chi connectivity index (χ0v) is 11.4. The van der Waals surface area contributed by atoms with Crippen molar-refractivity contribution in [3.8, 4) is 0 Å². The second kappa shape index (κ2) is 5.12. The zero-order chi connectivity index (χ0) is 14.1. The van der Waals surface area contributed by atoms with Gasteiger partial charge in [-0.2, -0.15) is 0 Å². The van der Waals surface area contributed by atoms with Gasteiger partial charge in [-0.05, 0) is 45.4 Å². The Labute approximate surface area is 108 Å². The SMILES string of the molecule is CC(C)=CC1CC(C)(C(=O)O)C(C)CC1C(=O)O. The summed E-state index contributed by atoms with van der Waals surface area (Å²) < 4.78 is 0. The van der Waals surface area contributed by atoms with E-state index in [2.05, 4.69) is 0 Å². The summed E-state index contributed by atoms with van der Waals surface area (Å²) in [6, 6.07) is 0. The lowest BCUT2D eigenvalue weighted by Crippen LogP contribution is -2.45. The zero-order valence-electron chi connectivity index (χ0n) is 11.4. The lowest BCUT2D eigenvalue weighted by atomic mass is 9.60. The van der Waals surface area contributed by atoms with E-state index < -0.39 is 23.3 Å². The van der Waals surface area contributed by atoms with Crippen LogP contribution in [0.1, 0.15) is 40.5 Å². The fourth-order valence-corrected chi connectivity index (χ4v) is 2.83. The first kappa shape index (κ1) is 14.7. The molecule has 1 saturated carbocycles. The lowest BCUT2D eigenvalue weighted by molar-refractivity contribution is -0.160. The third kappa shape index (κ3) is 2.74. The average Bonchev–Trinajstić information content (AvgIpc) is 2.21. The second-order valence-corrected chi connectivity index (χ2v) is 5.92. The predicted octanol–water partition coefficient (Wildman–Crippen LogP) is 2.79. The van der Waals surface area contributed by atoms with Crippen molar-refractivity contribution in [1.82, 2.24) is 0 Å². The highest BCUT2D eigenvalue weighted by Gasteiger charge is 2.48. The molecule has 2 N–H and O–H groups in total. The molecule has 0 aromatic heterocycles. The molecule has 0 saturated heterocycles. The van der Waals surface area contributed by atoms with Crippen LogP contribution >= 0.6 is 0 Å². The van der Waals surface area contributed by atoms with Gasteiger partial charge in [0.25, 0.3) is 0 Å². The van der Waals surface area contributed by atoms with Crippen molar-refractivity contribution in [2.24, 2.45) is 23.2 Å². The molecule has 102 valence electrons. The molecule has 4 unspecified atom stereocenters. The van der Waals surface area contributed by atoms with Crippen LogP contribution in [0.25, 0.3) is 0 Å². The minimum absolute atomic E-state index is 0.127. The first-order chi connectivity index (χ1) is 8.18. The first-order valence-corrected chi connectivity index (χ1v) is 6.29. The maximum Gasteiger partial charge on any atom is 0.309 e. The number of rotatable bonds is 3. The topological polar surface area (TPSA) is 74.6 Å². The normalized spacial score (nSPS) is 35.9. The first-order valence-electron chi connectivity index (χ1n) is 6.29. The summed E-state index contributed by atoms with van der Waals surface area (Å²) in [4.78, 5) is 22.7. The van der Waals surface area contributed by atoms with Crippen molar-refractivity contribution in [1.29, 1.82) is 0 Å². The fraction of sp³-hybridized carbons (Fsp3) is 0.714. The van der Waals surface area contributed by atoms with Crippen molar-refractivity contribution in [2.75, 3.05) is 0 Å². The Morgan fingerprint density at radius 2 is 1.83 bits per heavy atom. The Hall–Kier alpha value is -1.32. The summed E-state index contributed by atoms with van der Waals surface area (Å²) in [5, 5.41) is 18.6. The van der Waals surface area contributed by atoms with Gasteiger partial charge in [0, 0.05) is 0 Å². The molecule has 0 aliphatic heterocycles. The summed E-state index contributed by atoms with van der Waals surface area (Å²) in [5.41, 5.74) is 0.205. The van der Waals surface area contributed by atoms with Crippen LogP contribution in [-0.2, 0) is 9.59 Å². The Morgan fingerprint density at radius 3 is 2.22 bits per heavy atom. The molecule has 4 nitrogen and oxygen atoms in total. The van der Waals surface area contributed by atoms with Gasteiger partial charge in [0.2, 0.25) is 0 Å². The Bertz CT molecular complexity index is 381. The maximum absolute atomic E-state index is 11.4. The quantitative estimate of drug-likeness (QED) is 0.759. The molecule has 0 spiro atoms. The van der Waals surface area contributed by atoms with Gasteiger partial charge >= 0.3 is 11.9 Å². The Balaban J connectivity index is 3.08. The predicted molar refractivity (Wildman–Crippen MR) is 68.2 cm³/mol. The van der Waals surface area contributed by atoms with E-state index in [0.29, 0.717) is 12.8 Å². The van der Waals surface area contributed by atoms with Crippen molar-refractivity contribution >= 4 is 11.9 Å². The van der Waals surface area contributed by atoms with Gasteiger partial charge in [-0.1, -0.05) is 18.6 Å². The van der Waals surface area contributed by atoms with Crippen LogP contribution in [0.15, 0.2) is 11.6 Å². The van der Waals surface area contributed by atoms with Gasteiger partial charge in [0.1, 0.15) is 0 Å². The maximum atomic E-state index is 11.4. The molecule has 0 radical (unpaired) electrons. The minimum Gasteiger partial charge on any atom is -0.481 e. The molecule has 1 fully saturated rings. The summed E-state index contributed by atoms with van der Waals surface area (Å²) in [6.45, 7) is 7.39. The number of hydrogen-bond donors (Lipinski definition) is 2. The number of aliphatic carboxylic acids is 2. The summed E-state index contributed by atoms with van der Waals surface area (Å²) in [5.74, 6) is -2.44. The molecule has 0 aromatic rings. The van der Waals surface area contributed by atoms with Gasteiger partial charge in [-0.15, -0.1) is 0 Å². The van der Waals surface area contributed by atoms with Gasteiger partial charge in [-0.3, -0.25) is 9.59 Å². The van der Waals surface area contributed by atoms with E-state index in [0.717, 1.165) is 5.57 Å². The number of hydrogen-bond acceptors (Lipinski definition) is 2. The van der Waals surface area contributed by atoms with Crippen LogP contribution in [0, 0.1) is 23.2 Å². The smallest absolute Gasteiger partial charge is 0.309 e. The Kier molecular flexibility index (Phi) is 4.20. The summed E-state index contributed by atoms with van der Waals surface area (Å²) in [7, 11) is 0. The molecule has 1 aliphatic rings. The molecule has 0 amide bonds. The van der Waals surface area contributed by atoms with E-state index in [4.69, 9.17) is 0 Å². The largest absolute Gasteiger partial charge is 0.481 e. The van der Waals surface area contributed by atoms with Crippen LogP contribution in [0.2, 0.25) is 0 Å². The van der Waals surface area contributed by atoms with Gasteiger partial charge in [-0.25, -0.2) is 0 Å². The Morgan fingerprint density at radius 1 is 1.28 bits per heavy atom. The van der Waals surface area contributed by atoms with Gasteiger partial charge in [0.15, 0.2) is 0 Å². The minimum atomic E-state index is -0.831. The fourth-order valence-electron chi connectivity index (χ4n) is 2.83. The molecule has 0 heterocycles. The van der Waals surface area contributed by atoms with Crippen molar-refractivity contribution in [2.45, 2.75) is 40.5 Å². The van der Waals surface area contributed by atoms with Crippen LogP contribution in [0.5, 0.6) is 0 Å². The van der Waals surface area contributed by atoms with Gasteiger partial charge < -0.3 is 10.2 Å². The molecule has 0 aromatic carbocycles. The molecule has 4 atom stereocenters. The molecule has 4 heteroatoms. The van der Waals surface area contributed by atoms with E-state index in [-0.39, 0.29) is 11.8 Å². The highest BCUT2D eigenvalue weighted by atomic mass is 16.4. The number of carbonyl (C=O) groups is 2. The third-order valence-electron chi connectivity index (χ3n) is 4.22. The standard InChI is InChI=1S/C14H22O4/c1-8(2)5-10-7-14(4,13(17)18)9(3)6-11(10)12(15)16/h5,9-11H,6-7H2,1-4H3,(H,15,16)(H,17,18). The van der Waals surface area contributed by atoms with Crippen LogP contribution in [0.3, 0.4) is 0 Å². The van der Waals surface area contributed by atoms with Gasteiger partial charge in [0.05, 0.1) is 11.3 Å². The van der Waals surface area contributed by atoms with E-state index in [1.807, 2.05) is 26.8 Å². The molecule has 1 aliphatic carbocycles. The van der Waals surface area contributed by atoms with E-state index in [1.165, 1.54) is 0 Å². The van der Waals surface area contributed by atoms with Crippen LogP contribution in [-0.4, -0.2) is 22.2 Å². The summed E-state index contributed by atoms with van der Waals surface area (Å²) in [6.07, 6.45) is 2.73. The monoisotopic (exact) mass is 254 g/mol. The molecule has 18 heavy (non-hydrogen) atoms.